The molecule has 2 radical (unpaired) electrons. The van der Waals surface area contributed by atoms with Gasteiger partial charge >= 0.3 is 18.2 Å². The van der Waals surface area contributed by atoms with E-state index < -0.39 is 28.1 Å². The topological polar surface area (TPSA) is 71.1 Å². The third kappa shape index (κ3) is 10.4. The summed E-state index contributed by atoms with van der Waals surface area (Å²) in [4.78, 5) is 46.5. The van der Waals surface area contributed by atoms with E-state index in [9.17, 15) is 9.59 Å². The van der Waals surface area contributed by atoms with Crippen LogP contribution in [0.4, 0.5) is 0 Å². The molecule has 8 heteroatoms. The van der Waals surface area contributed by atoms with E-state index in [0.717, 1.165) is 69.1 Å². The Balaban J connectivity index is 2.03. The fraction of sp³-hybridized carbons (Fsp3) is 0.444. The van der Waals surface area contributed by atoms with Crippen molar-refractivity contribution in [1.82, 2.24) is 0 Å². The van der Waals surface area contributed by atoms with Gasteiger partial charge in [0.25, 0.3) is 0 Å². The molecule has 0 aliphatic rings. The van der Waals surface area contributed by atoms with Crippen LogP contribution in [0.1, 0.15) is 99.8 Å². The van der Waals surface area contributed by atoms with E-state index in [1.54, 1.807) is 24.3 Å². The molecular weight excluding hydrogens is 585 g/mol. The molecule has 2 rings (SSSR count). The van der Waals surface area contributed by atoms with Gasteiger partial charge in [0.15, 0.2) is 0 Å². The second-order valence-electron chi connectivity index (χ2n) is 11.3. The summed E-state index contributed by atoms with van der Waals surface area (Å²) in [5, 5.41) is 2.45. The molecule has 0 aromatic heterocycles. The fourth-order valence-corrected chi connectivity index (χ4v) is 11.4. The third-order valence-electron chi connectivity index (χ3n) is 9.00. The van der Waals surface area contributed by atoms with E-state index in [1.807, 2.05) is 24.3 Å². The monoisotopic (exact) mass is 636 g/mol. The second kappa shape index (κ2) is 19.6. The largest absolute Gasteiger partial charge is 0.373 e. The molecule has 2 aromatic carbocycles. The number of carbonyl (C=O) groups excluding carboxylic acids is 2. The van der Waals surface area contributed by atoms with Gasteiger partial charge in [-0.05, 0) is 30.7 Å². The molecule has 0 unspecified atom stereocenters. The molecule has 0 saturated carbocycles. The molecule has 0 amide bonds. The van der Waals surface area contributed by atoms with Gasteiger partial charge in [-0.3, -0.25) is 9.78 Å². The van der Waals surface area contributed by atoms with Crippen molar-refractivity contribution in [2.24, 2.45) is 0 Å². The van der Waals surface area contributed by atoms with Gasteiger partial charge in [-0.25, -0.2) is 9.59 Å². The molecule has 0 N–H and O–H groups in total. The van der Waals surface area contributed by atoms with E-state index in [1.165, 1.54) is 10.4 Å². The number of hydrogen-bond donors (Lipinski definition) is 0. The smallest absolute Gasteiger partial charge is 0.289 e. The maximum Gasteiger partial charge on any atom is 0.373 e. The maximum absolute atomic E-state index is 12.8. The van der Waals surface area contributed by atoms with E-state index in [-0.39, 0.29) is 6.29 Å². The molecular formula is C36H52O6Si2. The number of carbonyl (C=O) groups is 2. The van der Waals surface area contributed by atoms with Crippen LogP contribution in [-0.2, 0) is 19.6 Å². The van der Waals surface area contributed by atoms with Gasteiger partial charge in [0.2, 0.25) is 0 Å². The van der Waals surface area contributed by atoms with Crippen molar-refractivity contribution in [3.05, 3.63) is 97.4 Å². The zero-order valence-electron chi connectivity index (χ0n) is 27.3. The van der Waals surface area contributed by atoms with Crippen LogP contribution in [0.5, 0.6) is 0 Å². The predicted molar refractivity (Wildman–Crippen MR) is 185 cm³/mol. The molecule has 0 spiro atoms. The molecule has 6 nitrogen and oxygen atoms in total. The van der Waals surface area contributed by atoms with Crippen molar-refractivity contribution in [3.8, 4) is 0 Å². The first-order valence-electron chi connectivity index (χ1n) is 16.2. The standard InChI is InChI=1S/C36H52O6Si2/c1-8-15-16-17-18-19-20-21-34(39-41-35(37)30-22-26-32(27-23-30)43(9-2,10-3)11-4)40-42-36(38)31-24-28-33(29-25-31)44(12-5,13-6)14-7/h9,12,22-29H,1-2,5,8,10-11,13-21H2,3-4,6-7H3. The lowest BCUT2D eigenvalue weighted by atomic mass is 10.1. The predicted octanol–water partition coefficient (Wildman–Crippen LogP) is 8.85. The zero-order chi connectivity index (χ0) is 32.4. The number of rotatable bonds is 22. The summed E-state index contributed by atoms with van der Waals surface area (Å²) in [5.74, 6) is -1.32. The van der Waals surface area contributed by atoms with Gasteiger partial charge in [0.1, 0.15) is 16.1 Å². The summed E-state index contributed by atoms with van der Waals surface area (Å²) < 4.78 is 0. The van der Waals surface area contributed by atoms with E-state index in [0.29, 0.717) is 17.5 Å². The van der Waals surface area contributed by atoms with E-state index in [2.05, 4.69) is 59.2 Å². The Bertz CT molecular complexity index is 1070. The lowest BCUT2D eigenvalue weighted by molar-refractivity contribution is -0.363. The van der Waals surface area contributed by atoms with Crippen LogP contribution < -0.4 is 10.4 Å². The van der Waals surface area contributed by atoms with Crippen molar-refractivity contribution >= 4 is 38.5 Å². The second-order valence-corrected chi connectivity index (χ2v) is 20.7. The van der Waals surface area contributed by atoms with Crippen LogP contribution in [0.25, 0.3) is 0 Å². The Morgan fingerprint density at radius 3 is 1.30 bits per heavy atom. The van der Waals surface area contributed by atoms with Gasteiger partial charge in [0, 0.05) is 6.42 Å². The maximum atomic E-state index is 12.8. The van der Waals surface area contributed by atoms with Gasteiger partial charge in [-0.15, -0.1) is 22.9 Å². The van der Waals surface area contributed by atoms with Gasteiger partial charge in [0.05, 0.1) is 11.1 Å². The minimum Gasteiger partial charge on any atom is -0.289 e. The summed E-state index contributed by atoms with van der Waals surface area (Å²) in [7, 11) is -3.57. The van der Waals surface area contributed by atoms with Crippen molar-refractivity contribution in [3.63, 3.8) is 0 Å². The lowest BCUT2D eigenvalue weighted by Gasteiger charge is -2.26. The Morgan fingerprint density at radius 1 is 0.591 bits per heavy atom. The normalized spacial score (nSPS) is 11.8. The first-order chi connectivity index (χ1) is 21.3. The first-order valence-corrected chi connectivity index (χ1v) is 21.2. The molecule has 0 heterocycles. The van der Waals surface area contributed by atoms with Crippen LogP contribution in [0.2, 0.25) is 24.2 Å². The summed E-state index contributed by atoms with van der Waals surface area (Å²) in [6, 6.07) is 19.1. The highest BCUT2D eigenvalue weighted by Gasteiger charge is 2.29. The number of unbranched alkanes of at least 4 members (excludes halogenated alkanes) is 6. The van der Waals surface area contributed by atoms with E-state index >= 15 is 0 Å². The Labute approximate surface area is 267 Å². The highest BCUT2D eigenvalue weighted by atomic mass is 28.3. The van der Waals surface area contributed by atoms with Gasteiger partial charge < -0.3 is 0 Å². The zero-order valence-corrected chi connectivity index (χ0v) is 29.3. The minimum absolute atomic E-state index is 0.0807. The highest BCUT2D eigenvalue weighted by Crippen LogP contribution is 2.21. The highest BCUT2D eigenvalue weighted by molar-refractivity contribution is 6.96. The third-order valence-corrected chi connectivity index (χ3v) is 18.6. The Hall–Kier alpha value is -2.79. The summed E-state index contributed by atoms with van der Waals surface area (Å²) in [5.41, 5.74) is 4.91. The fourth-order valence-electron chi connectivity index (χ4n) is 5.52. The summed E-state index contributed by atoms with van der Waals surface area (Å²) in [6.45, 7) is 20.8. The molecule has 240 valence electrons. The van der Waals surface area contributed by atoms with Gasteiger partial charge in [-0.2, -0.15) is 0 Å². The van der Waals surface area contributed by atoms with Crippen LogP contribution in [0, 0.1) is 13.2 Å². The van der Waals surface area contributed by atoms with E-state index in [4.69, 9.17) is 19.6 Å². The van der Waals surface area contributed by atoms with Crippen LogP contribution in [0.15, 0.2) is 73.1 Å². The number of hydrogen-bond acceptors (Lipinski definition) is 6. The number of benzene rings is 2. The first kappa shape index (κ1) is 37.4. The molecule has 0 aliphatic heterocycles. The molecule has 44 heavy (non-hydrogen) atoms. The van der Waals surface area contributed by atoms with Gasteiger partial charge in [-0.1, -0.05) is 143 Å². The quantitative estimate of drug-likeness (QED) is 0.0557. The van der Waals surface area contributed by atoms with Crippen LogP contribution >= 0.6 is 0 Å². The average Bonchev–Trinajstić information content (AvgIpc) is 3.07. The molecule has 2 aromatic rings. The molecule has 0 fully saturated rings. The Morgan fingerprint density at radius 2 is 0.955 bits per heavy atom. The molecule has 0 aliphatic carbocycles. The SMILES string of the molecule is [CH2]CCCCCCCC[C](OOC(=O)c1ccc([Si](C=C)(CC)CC)cc1)OOC(=O)c1ccc([Si](C=C)(CC)CC)cc1. The average molecular weight is 637 g/mol. The lowest BCUT2D eigenvalue weighted by Crippen LogP contribution is -2.44. The van der Waals surface area contributed by atoms with Crippen molar-refractivity contribution in [2.75, 3.05) is 0 Å². The van der Waals surface area contributed by atoms with Crippen molar-refractivity contribution in [1.29, 1.82) is 0 Å². The molecule has 0 atom stereocenters. The van der Waals surface area contributed by atoms with Crippen molar-refractivity contribution in [2.45, 2.75) is 103 Å². The molecule has 0 saturated heterocycles. The molecule has 0 bridgehead atoms. The summed E-state index contributed by atoms with van der Waals surface area (Å²) in [6.07, 6.45) is 7.30. The minimum atomic E-state index is -1.78. The van der Waals surface area contributed by atoms with Crippen molar-refractivity contribution < 1.29 is 29.1 Å². The Kier molecular flexibility index (Phi) is 16.6. The van der Waals surface area contributed by atoms with Crippen LogP contribution in [-0.4, -0.2) is 28.1 Å². The van der Waals surface area contributed by atoms with Crippen LogP contribution in [0.3, 0.4) is 0 Å². The summed E-state index contributed by atoms with van der Waals surface area (Å²) >= 11 is 0.